The number of aryl methyl sites for hydroxylation is 1. The van der Waals surface area contributed by atoms with Gasteiger partial charge in [0.2, 0.25) is 0 Å². The van der Waals surface area contributed by atoms with E-state index in [9.17, 15) is 18.9 Å². The minimum Gasteiger partial charge on any atom is -0.461 e. The number of nitrogens with one attached hydrogen (secondary N) is 1. The van der Waals surface area contributed by atoms with Gasteiger partial charge in [-0.25, -0.2) is 28.9 Å². The number of amides is 2. The first-order valence-electron chi connectivity index (χ1n) is 9.68. The molecule has 2 aromatic rings. The van der Waals surface area contributed by atoms with E-state index in [2.05, 4.69) is 19.6 Å². The Morgan fingerprint density at radius 2 is 2.13 bits per heavy atom. The fourth-order valence-corrected chi connectivity index (χ4v) is 5.29. The maximum absolute atomic E-state index is 12.9. The fourth-order valence-electron chi connectivity index (χ4n) is 3.23. The Balaban J connectivity index is 1.95. The average Bonchev–Trinajstić information content (AvgIpc) is 3.32. The molecule has 3 rings (SSSR count). The van der Waals surface area contributed by atoms with Crippen molar-refractivity contribution in [3.8, 4) is 0 Å². The van der Waals surface area contributed by atoms with E-state index in [0.717, 1.165) is 29.0 Å². The largest absolute Gasteiger partial charge is 0.461 e. The minimum atomic E-state index is -3.58. The van der Waals surface area contributed by atoms with Crippen LogP contribution in [0.4, 0.5) is 10.5 Å². The number of carbonyl (C=O) groups is 2. The van der Waals surface area contributed by atoms with Crippen LogP contribution in [0.15, 0.2) is 14.8 Å². The maximum Gasteiger partial charge on any atom is 0.357 e. The SMILES string of the molecule is CCOC(=O)c1nc2c(c(NC(=O)N=S(N)(=O)c3cnc(C(C)(C)O)s3)c1C)CCC2. The second-order valence-corrected chi connectivity index (χ2v) is 10.6. The summed E-state index contributed by atoms with van der Waals surface area (Å²) in [5.41, 5.74) is 1.29. The lowest BCUT2D eigenvalue weighted by molar-refractivity contribution is 0.0518. The average molecular weight is 468 g/mol. The third kappa shape index (κ3) is 4.92. The van der Waals surface area contributed by atoms with Gasteiger partial charge in [-0.2, -0.15) is 0 Å². The van der Waals surface area contributed by atoms with E-state index in [4.69, 9.17) is 9.88 Å². The number of aliphatic hydroxyl groups is 1. The highest BCUT2D eigenvalue weighted by atomic mass is 32.2. The third-order valence-electron chi connectivity index (χ3n) is 4.68. The van der Waals surface area contributed by atoms with E-state index in [1.54, 1.807) is 13.8 Å². The number of nitrogens with two attached hydrogens (primary N) is 1. The summed E-state index contributed by atoms with van der Waals surface area (Å²) in [5, 5.41) is 18.8. The molecular weight excluding hydrogens is 442 g/mol. The second kappa shape index (κ2) is 8.61. The summed E-state index contributed by atoms with van der Waals surface area (Å²) in [6.07, 6.45) is 3.44. The first kappa shape index (κ1) is 23.3. The van der Waals surface area contributed by atoms with Gasteiger partial charge in [0.05, 0.1) is 18.5 Å². The molecule has 31 heavy (non-hydrogen) atoms. The van der Waals surface area contributed by atoms with Gasteiger partial charge in [0.15, 0.2) is 15.6 Å². The summed E-state index contributed by atoms with van der Waals surface area (Å²) in [5.74, 6) is -0.575. The van der Waals surface area contributed by atoms with Crippen molar-refractivity contribution in [3.05, 3.63) is 33.7 Å². The van der Waals surface area contributed by atoms with Crippen molar-refractivity contribution < 1.29 is 23.6 Å². The number of fused-ring (bicyclic) bond motifs is 1. The Labute approximate surface area is 184 Å². The molecule has 0 aliphatic heterocycles. The number of hydrogen-bond acceptors (Lipinski definition) is 8. The number of pyridine rings is 1. The predicted molar refractivity (Wildman–Crippen MR) is 116 cm³/mol. The number of rotatable bonds is 5. The molecule has 168 valence electrons. The lowest BCUT2D eigenvalue weighted by Gasteiger charge is -2.15. The molecule has 0 saturated heterocycles. The molecular formula is C19H25N5O5S2. The first-order valence-corrected chi connectivity index (χ1v) is 12.1. The van der Waals surface area contributed by atoms with Crippen molar-refractivity contribution in [3.63, 3.8) is 0 Å². The highest BCUT2D eigenvalue weighted by Crippen LogP contribution is 2.33. The van der Waals surface area contributed by atoms with Crippen molar-refractivity contribution in [1.82, 2.24) is 9.97 Å². The van der Waals surface area contributed by atoms with E-state index in [1.165, 1.54) is 20.0 Å². The van der Waals surface area contributed by atoms with Crippen LogP contribution in [-0.4, -0.2) is 37.9 Å². The molecule has 2 heterocycles. The summed E-state index contributed by atoms with van der Waals surface area (Å²) in [6.45, 7) is 6.62. The number of anilines is 1. The van der Waals surface area contributed by atoms with Gasteiger partial charge in [-0.05, 0) is 52.5 Å². The van der Waals surface area contributed by atoms with E-state index in [0.29, 0.717) is 29.1 Å². The monoisotopic (exact) mass is 467 g/mol. The summed E-state index contributed by atoms with van der Waals surface area (Å²) in [4.78, 5) is 33.3. The molecule has 12 heteroatoms. The van der Waals surface area contributed by atoms with Crippen molar-refractivity contribution in [2.24, 2.45) is 9.50 Å². The molecule has 0 radical (unpaired) electrons. The molecule has 10 nitrogen and oxygen atoms in total. The van der Waals surface area contributed by atoms with Crippen LogP contribution in [0.2, 0.25) is 0 Å². The van der Waals surface area contributed by atoms with E-state index >= 15 is 0 Å². The maximum atomic E-state index is 12.9. The van der Waals surface area contributed by atoms with Gasteiger partial charge in [0.25, 0.3) is 0 Å². The van der Waals surface area contributed by atoms with Gasteiger partial charge < -0.3 is 15.2 Å². The Hall–Kier alpha value is -2.41. The third-order valence-corrected chi connectivity index (χ3v) is 7.87. The quantitative estimate of drug-likeness (QED) is 0.570. The second-order valence-electron chi connectivity index (χ2n) is 7.59. The van der Waals surface area contributed by atoms with E-state index < -0.39 is 27.5 Å². The first-order chi connectivity index (χ1) is 14.4. The van der Waals surface area contributed by atoms with Crippen LogP contribution < -0.4 is 10.5 Å². The van der Waals surface area contributed by atoms with Gasteiger partial charge >= 0.3 is 12.0 Å². The molecule has 0 bridgehead atoms. The molecule has 1 aliphatic carbocycles. The number of aromatic nitrogens is 2. The summed E-state index contributed by atoms with van der Waals surface area (Å²) in [7, 11) is -3.58. The standard InChI is InChI=1S/C19H25N5O5S2/c1-5-29-16(25)15-10(2)14(11-7-6-8-12(11)22-15)23-18(26)24-31(20,28)13-9-21-17(30-13)19(3,4)27/h9,27H,5-8H2,1-4H3,(H3,20,22,23,24,26,28). The van der Waals surface area contributed by atoms with Gasteiger partial charge in [-0.3, -0.25) is 0 Å². The molecule has 1 atom stereocenters. The normalized spacial score (nSPS) is 15.2. The zero-order chi connectivity index (χ0) is 23.0. The van der Waals surface area contributed by atoms with Gasteiger partial charge in [0, 0.05) is 11.3 Å². The molecule has 1 aliphatic rings. The molecule has 0 spiro atoms. The zero-order valence-electron chi connectivity index (χ0n) is 17.7. The van der Waals surface area contributed by atoms with Crippen LogP contribution in [-0.2, 0) is 33.1 Å². The number of hydrogen-bond donors (Lipinski definition) is 3. The fraction of sp³-hybridized carbons (Fsp3) is 0.474. The van der Waals surface area contributed by atoms with E-state index in [-0.39, 0.29) is 16.5 Å². The van der Waals surface area contributed by atoms with Crippen molar-refractivity contribution >= 4 is 38.9 Å². The van der Waals surface area contributed by atoms with Gasteiger partial charge in [-0.15, -0.1) is 15.7 Å². The molecule has 4 N–H and O–H groups in total. The number of nitrogens with zero attached hydrogens (tertiary/aromatic N) is 3. The Morgan fingerprint density at radius 1 is 1.42 bits per heavy atom. The summed E-state index contributed by atoms with van der Waals surface area (Å²) in [6, 6.07) is -0.913. The zero-order valence-corrected chi connectivity index (χ0v) is 19.4. The van der Waals surface area contributed by atoms with Crippen LogP contribution in [0.1, 0.15) is 59.5 Å². The van der Waals surface area contributed by atoms with Crippen molar-refractivity contribution in [1.29, 1.82) is 0 Å². The number of esters is 1. The van der Waals surface area contributed by atoms with Crippen LogP contribution in [0.3, 0.4) is 0 Å². The molecule has 1 unspecified atom stereocenters. The lowest BCUT2D eigenvalue weighted by atomic mass is 10.1. The molecule has 2 aromatic heterocycles. The van der Waals surface area contributed by atoms with Crippen molar-refractivity contribution in [2.45, 2.75) is 56.8 Å². The van der Waals surface area contributed by atoms with Crippen LogP contribution in [0.25, 0.3) is 0 Å². The van der Waals surface area contributed by atoms with Gasteiger partial charge in [0.1, 0.15) is 14.8 Å². The number of urea groups is 1. The summed E-state index contributed by atoms with van der Waals surface area (Å²) < 4.78 is 21.7. The van der Waals surface area contributed by atoms with Crippen LogP contribution >= 0.6 is 11.3 Å². The highest BCUT2D eigenvalue weighted by molar-refractivity contribution is 7.93. The number of carbonyl (C=O) groups excluding carboxylic acids is 2. The Morgan fingerprint density at radius 3 is 2.74 bits per heavy atom. The Bertz CT molecular complexity index is 1160. The van der Waals surface area contributed by atoms with Crippen LogP contribution in [0, 0.1) is 6.92 Å². The summed E-state index contributed by atoms with van der Waals surface area (Å²) >= 11 is 0.924. The predicted octanol–water partition coefficient (Wildman–Crippen LogP) is 2.67. The number of ether oxygens (including phenoxy) is 1. The minimum absolute atomic E-state index is 0.0728. The van der Waals surface area contributed by atoms with Crippen molar-refractivity contribution in [2.75, 3.05) is 11.9 Å². The lowest BCUT2D eigenvalue weighted by Crippen LogP contribution is -2.19. The molecule has 0 saturated carbocycles. The highest BCUT2D eigenvalue weighted by Gasteiger charge is 2.27. The molecule has 2 amide bonds. The number of thiazole rings is 1. The van der Waals surface area contributed by atoms with Crippen LogP contribution in [0.5, 0.6) is 0 Å². The molecule has 0 fully saturated rings. The van der Waals surface area contributed by atoms with Gasteiger partial charge in [-0.1, -0.05) is 0 Å². The van der Waals surface area contributed by atoms with E-state index in [1.807, 2.05) is 0 Å². The Kier molecular flexibility index (Phi) is 6.46. The molecule has 0 aromatic carbocycles. The topological polar surface area (TPSA) is 157 Å². The smallest absolute Gasteiger partial charge is 0.357 e.